The summed E-state index contributed by atoms with van der Waals surface area (Å²) in [6.45, 7) is 9.46. The standard InChI is InChI=1S/C27H36FN5O3/c1-18(2)29-10-11-30-26(35)16-32(25-9-7-21(20(4)34)12-19(25)3)17-27(36)31(5)33-14-22-6-8-24(28)13-23(22)15-33/h6-9,12-13,18,29H,10-11,14-17H2,1-5H3,(H,30,35). The van der Waals surface area contributed by atoms with Crippen molar-refractivity contribution in [2.24, 2.45) is 0 Å². The Kier molecular flexibility index (Phi) is 9.17. The van der Waals surface area contributed by atoms with Gasteiger partial charge in [0.15, 0.2) is 5.78 Å². The molecule has 0 saturated heterocycles. The Balaban J connectivity index is 1.72. The lowest BCUT2D eigenvalue weighted by molar-refractivity contribution is -0.145. The van der Waals surface area contributed by atoms with Crippen LogP contribution in [0.15, 0.2) is 36.4 Å². The third-order valence-electron chi connectivity index (χ3n) is 6.26. The molecule has 2 aromatic carbocycles. The van der Waals surface area contributed by atoms with Gasteiger partial charge < -0.3 is 15.5 Å². The Morgan fingerprint density at radius 2 is 1.75 bits per heavy atom. The van der Waals surface area contributed by atoms with Crippen molar-refractivity contribution >= 4 is 23.3 Å². The maximum absolute atomic E-state index is 13.6. The number of anilines is 1. The van der Waals surface area contributed by atoms with Crippen molar-refractivity contribution in [3.63, 3.8) is 0 Å². The van der Waals surface area contributed by atoms with Gasteiger partial charge >= 0.3 is 0 Å². The second-order valence-electron chi connectivity index (χ2n) is 9.53. The fourth-order valence-electron chi connectivity index (χ4n) is 4.23. The van der Waals surface area contributed by atoms with Crippen LogP contribution in [-0.2, 0) is 22.7 Å². The molecule has 8 nitrogen and oxygen atoms in total. The number of amides is 2. The first kappa shape index (κ1) is 27.3. The summed E-state index contributed by atoms with van der Waals surface area (Å²) in [6, 6.07) is 10.3. The van der Waals surface area contributed by atoms with Crippen molar-refractivity contribution in [3.8, 4) is 0 Å². The van der Waals surface area contributed by atoms with Crippen LogP contribution < -0.4 is 15.5 Å². The summed E-state index contributed by atoms with van der Waals surface area (Å²) in [5.74, 6) is -0.745. The minimum absolute atomic E-state index is 0.00699. The van der Waals surface area contributed by atoms with Crippen molar-refractivity contribution < 1.29 is 18.8 Å². The number of nitrogens with one attached hydrogen (secondary N) is 2. The molecule has 36 heavy (non-hydrogen) atoms. The van der Waals surface area contributed by atoms with Crippen LogP contribution in [0.1, 0.15) is 47.8 Å². The van der Waals surface area contributed by atoms with Crippen molar-refractivity contribution in [1.82, 2.24) is 20.7 Å². The number of carbonyl (C=O) groups is 3. The molecule has 0 spiro atoms. The molecule has 0 unspecified atom stereocenters. The lowest BCUT2D eigenvalue weighted by Crippen LogP contribution is -2.48. The molecule has 0 atom stereocenters. The molecule has 1 aliphatic heterocycles. The monoisotopic (exact) mass is 497 g/mol. The Hall–Kier alpha value is -3.30. The first-order chi connectivity index (χ1) is 17.0. The predicted octanol–water partition coefficient (Wildman–Crippen LogP) is 2.65. The summed E-state index contributed by atoms with van der Waals surface area (Å²) in [5, 5.41) is 9.54. The summed E-state index contributed by atoms with van der Waals surface area (Å²) in [4.78, 5) is 39.6. The Bertz CT molecular complexity index is 1120. The molecule has 0 aromatic heterocycles. The third-order valence-corrected chi connectivity index (χ3v) is 6.26. The molecule has 0 radical (unpaired) electrons. The van der Waals surface area contributed by atoms with Crippen molar-refractivity contribution in [3.05, 3.63) is 64.5 Å². The van der Waals surface area contributed by atoms with E-state index in [9.17, 15) is 18.8 Å². The second kappa shape index (κ2) is 12.1. The van der Waals surface area contributed by atoms with Crippen molar-refractivity contribution in [2.45, 2.75) is 46.8 Å². The van der Waals surface area contributed by atoms with E-state index in [0.29, 0.717) is 43.5 Å². The highest BCUT2D eigenvalue weighted by Crippen LogP contribution is 2.25. The van der Waals surface area contributed by atoms with Gasteiger partial charge in [-0.15, -0.1) is 0 Å². The number of likely N-dealkylation sites (N-methyl/N-ethyl adjacent to an activating group) is 1. The van der Waals surface area contributed by atoms with E-state index in [-0.39, 0.29) is 36.5 Å². The number of nitrogens with zero attached hydrogens (tertiary/aromatic N) is 3. The van der Waals surface area contributed by atoms with Crippen LogP contribution in [0, 0.1) is 12.7 Å². The average Bonchev–Trinajstić information content (AvgIpc) is 3.23. The molecule has 194 valence electrons. The number of fused-ring (bicyclic) bond motifs is 1. The quantitative estimate of drug-likeness (QED) is 0.367. The maximum Gasteiger partial charge on any atom is 0.256 e. The van der Waals surface area contributed by atoms with Gasteiger partial charge in [0.2, 0.25) is 5.91 Å². The van der Waals surface area contributed by atoms with Gasteiger partial charge in [0.05, 0.1) is 13.1 Å². The van der Waals surface area contributed by atoms with E-state index in [2.05, 4.69) is 10.6 Å². The van der Waals surface area contributed by atoms with Gasteiger partial charge in [-0.1, -0.05) is 19.9 Å². The first-order valence-electron chi connectivity index (χ1n) is 12.2. The fourth-order valence-corrected chi connectivity index (χ4v) is 4.23. The number of aryl methyl sites for hydroxylation is 1. The highest BCUT2D eigenvalue weighted by Gasteiger charge is 2.27. The van der Waals surface area contributed by atoms with Gasteiger partial charge in [-0.3, -0.25) is 19.4 Å². The summed E-state index contributed by atoms with van der Waals surface area (Å²) in [7, 11) is 1.69. The number of ketones is 1. The number of hydrogen-bond acceptors (Lipinski definition) is 6. The number of rotatable bonds is 11. The van der Waals surface area contributed by atoms with Crippen LogP contribution in [-0.4, -0.2) is 66.9 Å². The van der Waals surface area contributed by atoms with E-state index in [1.165, 1.54) is 24.1 Å². The van der Waals surface area contributed by atoms with Crippen LogP contribution in [0.5, 0.6) is 0 Å². The Morgan fingerprint density at radius 1 is 1.03 bits per heavy atom. The van der Waals surface area contributed by atoms with Gasteiger partial charge in [0.1, 0.15) is 5.82 Å². The second-order valence-corrected chi connectivity index (χ2v) is 9.53. The molecule has 1 aliphatic rings. The zero-order valence-electron chi connectivity index (χ0n) is 21.7. The summed E-state index contributed by atoms with van der Waals surface area (Å²) in [5.41, 5.74) is 3.93. The summed E-state index contributed by atoms with van der Waals surface area (Å²) < 4.78 is 13.6. The lowest BCUT2D eigenvalue weighted by Gasteiger charge is -2.32. The number of Topliss-reactive ketones (excluding diaryl/α,β-unsaturated/α-hetero) is 1. The summed E-state index contributed by atoms with van der Waals surface area (Å²) >= 11 is 0. The van der Waals surface area contributed by atoms with Crippen LogP contribution >= 0.6 is 0 Å². The van der Waals surface area contributed by atoms with E-state index in [1.54, 1.807) is 36.2 Å². The van der Waals surface area contributed by atoms with Gasteiger partial charge in [-0.25, -0.2) is 9.40 Å². The molecule has 0 saturated carbocycles. The number of hydrogen-bond donors (Lipinski definition) is 2. The van der Waals surface area contributed by atoms with Crippen LogP contribution in [0.2, 0.25) is 0 Å². The minimum atomic E-state index is -0.296. The van der Waals surface area contributed by atoms with E-state index >= 15 is 0 Å². The Labute approximate surface area is 212 Å². The SMILES string of the molecule is CC(=O)c1ccc(N(CC(=O)NCCNC(C)C)CC(=O)N(C)N2Cc3ccc(F)cc3C2)c(C)c1. The molecule has 0 aliphatic carbocycles. The topological polar surface area (TPSA) is 85.0 Å². The lowest BCUT2D eigenvalue weighted by atomic mass is 10.1. The molecule has 9 heteroatoms. The zero-order chi connectivity index (χ0) is 26.4. The van der Waals surface area contributed by atoms with E-state index in [4.69, 9.17) is 0 Å². The molecule has 3 rings (SSSR count). The van der Waals surface area contributed by atoms with Gasteiger partial charge in [-0.2, -0.15) is 0 Å². The first-order valence-corrected chi connectivity index (χ1v) is 12.2. The zero-order valence-corrected chi connectivity index (χ0v) is 21.7. The van der Waals surface area contributed by atoms with Gasteiger partial charge in [0, 0.05) is 50.5 Å². The molecule has 0 bridgehead atoms. The van der Waals surface area contributed by atoms with Gasteiger partial charge in [0.25, 0.3) is 5.91 Å². The van der Waals surface area contributed by atoms with Crippen molar-refractivity contribution in [1.29, 1.82) is 0 Å². The molecule has 0 fully saturated rings. The maximum atomic E-state index is 13.6. The number of hydrazine groups is 1. The smallest absolute Gasteiger partial charge is 0.256 e. The average molecular weight is 498 g/mol. The van der Waals surface area contributed by atoms with Crippen LogP contribution in [0.4, 0.5) is 10.1 Å². The van der Waals surface area contributed by atoms with Crippen LogP contribution in [0.25, 0.3) is 0 Å². The fraction of sp³-hybridized carbons (Fsp3) is 0.444. The molecule has 1 heterocycles. The molecular formula is C27H36FN5O3. The Morgan fingerprint density at radius 3 is 2.42 bits per heavy atom. The summed E-state index contributed by atoms with van der Waals surface area (Å²) in [6.07, 6.45) is 0. The van der Waals surface area contributed by atoms with Crippen LogP contribution in [0.3, 0.4) is 0 Å². The number of carbonyl (C=O) groups excluding carboxylic acids is 3. The van der Waals surface area contributed by atoms with Crippen molar-refractivity contribution in [2.75, 3.05) is 38.1 Å². The molecule has 2 amide bonds. The predicted molar refractivity (Wildman–Crippen MR) is 138 cm³/mol. The number of halogens is 1. The van der Waals surface area contributed by atoms with E-state index in [0.717, 1.165) is 16.7 Å². The normalized spacial score (nSPS) is 13.0. The van der Waals surface area contributed by atoms with E-state index < -0.39 is 0 Å². The van der Waals surface area contributed by atoms with E-state index in [1.807, 2.05) is 25.8 Å². The minimum Gasteiger partial charge on any atom is -0.353 e. The van der Waals surface area contributed by atoms with Gasteiger partial charge in [-0.05, 0) is 60.9 Å². The molecule has 2 aromatic rings. The largest absolute Gasteiger partial charge is 0.353 e. The highest BCUT2D eigenvalue weighted by molar-refractivity contribution is 5.95. The highest BCUT2D eigenvalue weighted by atomic mass is 19.1. The number of benzene rings is 2. The third kappa shape index (κ3) is 7.11. The molecule has 2 N–H and O–H groups in total. The molecular weight excluding hydrogens is 461 g/mol.